The summed E-state index contributed by atoms with van der Waals surface area (Å²) in [6.07, 6.45) is 6.88. The molecule has 0 aliphatic carbocycles. The Morgan fingerprint density at radius 2 is 1.88 bits per heavy atom. The van der Waals surface area contributed by atoms with E-state index in [0.29, 0.717) is 27.9 Å². The molecule has 0 bridgehead atoms. The maximum atomic E-state index is 12.7. The molecule has 0 fully saturated rings. The highest BCUT2D eigenvalue weighted by Crippen LogP contribution is 2.27. The third kappa shape index (κ3) is 6.93. The number of benzene rings is 1. The number of nitrogens with one attached hydrogen (secondary N) is 2. The summed E-state index contributed by atoms with van der Waals surface area (Å²) in [7, 11) is -2.93. The molecule has 0 radical (unpaired) electrons. The number of amides is 1. The van der Waals surface area contributed by atoms with Crippen LogP contribution in [0.15, 0.2) is 58.4 Å². The van der Waals surface area contributed by atoms with Gasteiger partial charge in [0.2, 0.25) is 5.95 Å². The van der Waals surface area contributed by atoms with Gasteiger partial charge in [-0.15, -0.1) is 4.36 Å². The first-order valence-corrected chi connectivity index (χ1v) is 12.0. The van der Waals surface area contributed by atoms with Gasteiger partial charge in [-0.25, -0.2) is 24.0 Å². The second-order valence-electron chi connectivity index (χ2n) is 7.05. The molecular formula is C22H29N7O4S. The fraction of sp³-hybridized carbons (Fsp3) is 0.318. The highest BCUT2D eigenvalue weighted by atomic mass is 32.2. The molecule has 182 valence electrons. The van der Waals surface area contributed by atoms with Gasteiger partial charge in [0, 0.05) is 52.6 Å². The molecule has 1 unspecified atom stereocenters. The number of carbonyl (C=O) groups excluding carboxylic acids is 1. The van der Waals surface area contributed by atoms with Crippen molar-refractivity contribution in [2.45, 2.75) is 32.2 Å². The largest absolute Gasteiger partial charge is 0.448 e. The smallest absolute Gasteiger partial charge is 0.442 e. The van der Waals surface area contributed by atoms with Gasteiger partial charge in [-0.3, -0.25) is 0 Å². The summed E-state index contributed by atoms with van der Waals surface area (Å²) >= 11 is 0. The molecule has 12 heteroatoms. The SMILES string of the molecule is C.CCOC(=O)N=S(C)(=O)c1ccc(Nc2ncc(-c3cncnc3)c(N[C@H](C)CO)n2)cc1. The number of aliphatic hydroxyl groups excluding tert-OH is 1. The number of ether oxygens (including phenoxy) is 1. The molecule has 2 heterocycles. The average Bonchev–Trinajstić information content (AvgIpc) is 2.80. The maximum absolute atomic E-state index is 12.7. The maximum Gasteiger partial charge on any atom is 0.442 e. The lowest BCUT2D eigenvalue weighted by Crippen LogP contribution is -2.21. The summed E-state index contributed by atoms with van der Waals surface area (Å²) in [6.45, 7) is 3.55. The van der Waals surface area contributed by atoms with Crippen molar-refractivity contribution in [3.05, 3.63) is 49.2 Å². The van der Waals surface area contributed by atoms with Gasteiger partial charge < -0.3 is 20.5 Å². The standard InChI is InChI=1S/C21H25N7O4S.CH4/c1-4-32-21(30)28-33(3,31)17-7-5-16(6-8-17)26-20-24-11-18(15-9-22-13-23-10-15)19(27-20)25-14(2)12-29;/h5-11,13-14,29H,4,12H2,1-3H3,(H2,24,25,26,27);1H4/t14-,33?;/m1./s1. The van der Waals surface area contributed by atoms with Gasteiger partial charge >= 0.3 is 6.09 Å². The Hall–Kier alpha value is -3.64. The van der Waals surface area contributed by atoms with Gasteiger partial charge in [0.15, 0.2) is 0 Å². The third-order valence-electron chi connectivity index (χ3n) is 4.38. The fourth-order valence-electron chi connectivity index (χ4n) is 2.75. The van der Waals surface area contributed by atoms with Crippen molar-refractivity contribution in [3.8, 4) is 11.1 Å². The number of aliphatic hydroxyl groups is 1. The van der Waals surface area contributed by atoms with E-state index in [9.17, 15) is 14.1 Å². The van der Waals surface area contributed by atoms with Gasteiger partial charge in [-0.2, -0.15) is 4.98 Å². The molecule has 3 rings (SSSR count). The normalized spacial score (nSPS) is 13.1. The van der Waals surface area contributed by atoms with Crippen LogP contribution in [0.25, 0.3) is 11.1 Å². The third-order valence-corrected chi connectivity index (χ3v) is 6.03. The summed E-state index contributed by atoms with van der Waals surface area (Å²) in [5.41, 5.74) is 2.05. The van der Waals surface area contributed by atoms with Gasteiger partial charge in [0.25, 0.3) is 0 Å². The van der Waals surface area contributed by atoms with E-state index in [1.165, 1.54) is 12.6 Å². The fourth-order valence-corrected chi connectivity index (χ4v) is 3.83. The summed E-state index contributed by atoms with van der Waals surface area (Å²) in [6, 6.07) is 6.35. The molecule has 1 amide bonds. The predicted molar refractivity (Wildman–Crippen MR) is 131 cm³/mol. The molecule has 2 aromatic heterocycles. The van der Waals surface area contributed by atoms with Crippen molar-refractivity contribution in [3.63, 3.8) is 0 Å². The topological polar surface area (TPSA) is 152 Å². The van der Waals surface area contributed by atoms with Crippen molar-refractivity contribution < 1.29 is 18.8 Å². The number of hydrogen-bond acceptors (Lipinski definition) is 10. The summed E-state index contributed by atoms with van der Waals surface area (Å²) in [5, 5.41) is 15.7. The lowest BCUT2D eigenvalue weighted by Gasteiger charge is -2.16. The molecule has 3 N–H and O–H groups in total. The van der Waals surface area contributed by atoms with Crippen molar-refractivity contribution in [2.75, 3.05) is 30.1 Å². The van der Waals surface area contributed by atoms with Crippen LogP contribution >= 0.6 is 0 Å². The van der Waals surface area contributed by atoms with E-state index in [1.807, 2.05) is 6.92 Å². The van der Waals surface area contributed by atoms with Gasteiger partial charge in [0.1, 0.15) is 12.1 Å². The van der Waals surface area contributed by atoms with E-state index in [0.717, 1.165) is 5.56 Å². The number of rotatable bonds is 8. The van der Waals surface area contributed by atoms with Crippen LogP contribution < -0.4 is 10.6 Å². The average molecular weight is 488 g/mol. The molecule has 2 atom stereocenters. The number of anilines is 3. The lowest BCUT2D eigenvalue weighted by atomic mass is 10.1. The van der Waals surface area contributed by atoms with Crippen LogP contribution in [0, 0.1) is 0 Å². The van der Waals surface area contributed by atoms with Crippen LogP contribution in [0.4, 0.5) is 22.2 Å². The zero-order chi connectivity index (χ0) is 23.8. The number of nitrogens with zero attached hydrogens (tertiary/aromatic N) is 5. The van der Waals surface area contributed by atoms with Crippen LogP contribution in [0.5, 0.6) is 0 Å². The Kier molecular flexibility index (Phi) is 9.39. The number of hydrogen-bond donors (Lipinski definition) is 3. The highest BCUT2D eigenvalue weighted by Gasteiger charge is 2.14. The minimum absolute atomic E-state index is 0. The van der Waals surface area contributed by atoms with Crippen molar-refractivity contribution in [1.29, 1.82) is 0 Å². The highest BCUT2D eigenvalue weighted by molar-refractivity contribution is 7.93. The van der Waals surface area contributed by atoms with Crippen molar-refractivity contribution >= 4 is 33.3 Å². The molecule has 1 aromatic carbocycles. The molecule has 0 aliphatic rings. The summed E-state index contributed by atoms with van der Waals surface area (Å²) in [4.78, 5) is 28.9. The van der Waals surface area contributed by atoms with Crippen LogP contribution in [-0.4, -0.2) is 60.9 Å². The second kappa shape index (κ2) is 12.0. The van der Waals surface area contributed by atoms with Crippen molar-refractivity contribution in [2.24, 2.45) is 4.36 Å². The van der Waals surface area contributed by atoms with Gasteiger partial charge in [0.05, 0.1) is 22.9 Å². The van der Waals surface area contributed by atoms with Gasteiger partial charge in [-0.1, -0.05) is 7.43 Å². The molecule has 34 heavy (non-hydrogen) atoms. The first-order chi connectivity index (χ1) is 15.8. The van der Waals surface area contributed by atoms with E-state index < -0.39 is 15.8 Å². The minimum atomic E-state index is -2.93. The zero-order valence-corrected chi connectivity index (χ0v) is 19.2. The Morgan fingerprint density at radius 1 is 1.21 bits per heavy atom. The van der Waals surface area contributed by atoms with E-state index in [2.05, 4.69) is 34.9 Å². The number of carbonyl (C=O) groups is 1. The van der Waals surface area contributed by atoms with Crippen LogP contribution in [-0.2, 0) is 14.5 Å². The predicted octanol–water partition coefficient (Wildman–Crippen LogP) is 3.72. The Bertz CT molecular complexity index is 1210. The molecule has 0 saturated carbocycles. The lowest BCUT2D eigenvalue weighted by molar-refractivity contribution is 0.164. The molecular weight excluding hydrogens is 458 g/mol. The quantitative estimate of drug-likeness (QED) is 0.428. The second-order valence-corrected chi connectivity index (χ2v) is 9.31. The van der Waals surface area contributed by atoms with Gasteiger partial charge in [-0.05, 0) is 38.1 Å². The zero-order valence-electron chi connectivity index (χ0n) is 18.4. The number of aromatic nitrogens is 4. The first kappa shape index (κ1) is 26.6. The minimum Gasteiger partial charge on any atom is -0.448 e. The van der Waals surface area contributed by atoms with E-state index >= 15 is 0 Å². The van der Waals surface area contributed by atoms with Crippen LogP contribution in [0.1, 0.15) is 21.3 Å². The van der Waals surface area contributed by atoms with E-state index in [1.54, 1.807) is 49.8 Å². The first-order valence-electron chi connectivity index (χ1n) is 10.1. The summed E-state index contributed by atoms with van der Waals surface area (Å²) in [5.74, 6) is 0.815. The molecule has 0 aliphatic heterocycles. The van der Waals surface area contributed by atoms with Crippen LogP contribution in [0.2, 0.25) is 0 Å². The molecule has 11 nitrogen and oxygen atoms in total. The monoisotopic (exact) mass is 487 g/mol. The Morgan fingerprint density at radius 3 is 2.50 bits per heavy atom. The molecule has 0 spiro atoms. The molecule has 3 aromatic rings. The molecule has 0 saturated heterocycles. The Balaban J connectivity index is 0.00000408. The Labute approximate surface area is 199 Å². The summed E-state index contributed by atoms with van der Waals surface area (Å²) < 4.78 is 21.1. The van der Waals surface area contributed by atoms with E-state index in [4.69, 9.17) is 4.74 Å². The van der Waals surface area contributed by atoms with E-state index in [-0.39, 0.29) is 26.7 Å². The van der Waals surface area contributed by atoms with Crippen LogP contribution in [0.3, 0.4) is 0 Å². The van der Waals surface area contributed by atoms with Crippen molar-refractivity contribution in [1.82, 2.24) is 19.9 Å².